The third-order valence-corrected chi connectivity index (χ3v) is 1.68. The first-order valence-electron chi connectivity index (χ1n) is 4.78. The molecule has 1 nitrogen and oxygen atoms in total. The number of hydrogen-bond donors (Lipinski definition) is 0. The predicted octanol–water partition coefficient (Wildman–Crippen LogP) is -0.179. The monoisotopic (exact) mass is 216 g/mol. The molecule has 0 spiro atoms. The van der Waals surface area contributed by atoms with E-state index in [1.165, 1.54) is 32.1 Å². The van der Waals surface area contributed by atoms with Crippen molar-refractivity contribution >= 4 is 23.1 Å². The van der Waals surface area contributed by atoms with E-state index in [4.69, 9.17) is 4.74 Å². The molecule has 0 aromatic heterocycles. The minimum Gasteiger partial charge on any atom is -1.00 e. The van der Waals surface area contributed by atoms with Crippen LogP contribution in [0.1, 0.15) is 45.4 Å². The summed E-state index contributed by atoms with van der Waals surface area (Å²) >= 11 is 0. The standard InChI is InChI=1S/C10H21O.ClH.Mg/c1-3-5-7-8-10-11-9-6-4-2;;/h1,3-10H2,2H3;1H;/q-1;;+2/p-1. The van der Waals surface area contributed by atoms with Crippen molar-refractivity contribution in [2.75, 3.05) is 13.2 Å². The second-order valence-corrected chi connectivity index (χ2v) is 2.88. The number of halogens is 1. The maximum absolute atomic E-state index is 5.40. The third-order valence-electron chi connectivity index (χ3n) is 1.68. The fraction of sp³-hybridized carbons (Fsp3) is 0.900. The van der Waals surface area contributed by atoms with Gasteiger partial charge in [-0.3, -0.25) is 0 Å². The molecule has 0 aliphatic carbocycles. The van der Waals surface area contributed by atoms with Gasteiger partial charge in [-0.1, -0.05) is 26.2 Å². The Morgan fingerprint density at radius 3 is 2.15 bits per heavy atom. The number of hydrogen-bond acceptors (Lipinski definition) is 1. The average Bonchev–Trinajstić information content (AvgIpc) is 2.03. The van der Waals surface area contributed by atoms with Gasteiger partial charge in [-0.25, -0.2) is 0 Å². The molecule has 0 aliphatic rings. The van der Waals surface area contributed by atoms with Crippen LogP contribution in [-0.4, -0.2) is 36.3 Å². The van der Waals surface area contributed by atoms with E-state index in [-0.39, 0.29) is 35.5 Å². The SMILES string of the molecule is [CH2-]CCCCCOCCCC.[Cl-].[Mg+2]. The molecule has 0 N–H and O–H groups in total. The van der Waals surface area contributed by atoms with Gasteiger partial charge in [-0.15, -0.1) is 0 Å². The number of unbranched alkanes of at least 4 members (excludes halogenated alkanes) is 4. The van der Waals surface area contributed by atoms with Crippen LogP contribution >= 0.6 is 0 Å². The number of ether oxygens (including phenoxy) is 1. The molecule has 0 heterocycles. The smallest absolute Gasteiger partial charge is 1.00 e. The van der Waals surface area contributed by atoms with E-state index in [9.17, 15) is 0 Å². The quantitative estimate of drug-likeness (QED) is 0.311. The Labute approximate surface area is 106 Å². The fourth-order valence-electron chi connectivity index (χ4n) is 0.906. The molecule has 0 saturated carbocycles. The molecule has 13 heavy (non-hydrogen) atoms. The summed E-state index contributed by atoms with van der Waals surface area (Å²) in [6.07, 6.45) is 7.23. The van der Waals surface area contributed by atoms with Crippen LogP contribution in [0.25, 0.3) is 0 Å². The van der Waals surface area contributed by atoms with E-state index < -0.39 is 0 Å². The van der Waals surface area contributed by atoms with Crippen molar-refractivity contribution in [2.24, 2.45) is 0 Å². The van der Waals surface area contributed by atoms with E-state index in [2.05, 4.69) is 13.8 Å². The summed E-state index contributed by atoms with van der Waals surface area (Å²) in [6.45, 7) is 7.87. The minimum atomic E-state index is 0. The van der Waals surface area contributed by atoms with Crippen molar-refractivity contribution in [3.8, 4) is 0 Å². The second kappa shape index (κ2) is 18.7. The van der Waals surface area contributed by atoms with Gasteiger partial charge >= 0.3 is 23.1 Å². The summed E-state index contributed by atoms with van der Waals surface area (Å²) in [4.78, 5) is 0. The van der Waals surface area contributed by atoms with Crippen molar-refractivity contribution in [3.63, 3.8) is 0 Å². The Balaban J connectivity index is -0.000000500. The zero-order valence-electron chi connectivity index (χ0n) is 8.86. The largest absolute Gasteiger partial charge is 2.00 e. The Morgan fingerprint density at radius 2 is 1.62 bits per heavy atom. The molecule has 3 heteroatoms. The first kappa shape index (κ1) is 19.6. The van der Waals surface area contributed by atoms with E-state index in [1.54, 1.807) is 0 Å². The summed E-state index contributed by atoms with van der Waals surface area (Å²) in [6, 6.07) is 0. The number of rotatable bonds is 8. The van der Waals surface area contributed by atoms with Gasteiger partial charge in [0.15, 0.2) is 0 Å². The molecule has 0 radical (unpaired) electrons. The van der Waals surface area contributed by atoms with Crippen LogP contribution in [0.3, 0.4) is 0 Å². The molecule has 0 aromatic carbocycles. The summed E-state index contributed by atoms with van der Waals surface area (Å²) in [5.41, 5.74) is 0. The van der Waals surface area contributed by atoms with Gasteiger partial charge in [0.2, 0.25) is 0 Å². The molecule has 0 amide bonds. The molecule has 0 unspecified atom stereocenters. The van der Waals surface area contributed by atoms with Gasteiger partial charge < -0.3 is 24.1 Å². The van der Waals surface area contributed by atoms with Crippen LogP contribution in [0.5, 0.6) is 0 Å². The van der Waals surface area contributed by atoms with Crippen LogP contribution in [0.15, 0.2) is 0 Å². The van der Waals surface area contributed by atoms with E-state index in [0.717, 1.165) is 19.6 Å². The van der Waals surface area contributed by atoms with E-state index in [1.807, 2.05) is 0 Å². The maximum atomic E-state index is 5.40. The summed E-state index contributed by atoms with van der Waals surface area (Å²) in [7, 11) is 0. The van der Waals surface area contributed by atoms with Crippen LogP contribution in [-0.2, 0) is 4.74 Å². The van der Waals surface area contributed by atoms with Crippen molar-refractivity contribution < 1.29 is 17.1 Å². The van der Waals surface area contributed by atoms with Crippen LogP contribution < -0.4 is 12.4 Å². The van der Waals surface area contributed by atoms with Gasteiger partial charge in [-0.2, -0.15) is 6.42 Å². The van der Waals surface area contributed by atoms with Crippen LogP contribution in [0.2, 0.25) is 0 Å². The van der Waals surface area contributed by atoms with Crippen molar-refractivity contribution in [2.45, 2.75) is 45.4 Å². The van der Waals surface area contributed by atoms with Gasteiger partial charge in [-0.05, 0) is 12.8 Å². The van der Waals surface area contributed by atoms with E-state index >= 15 is 0 Å². The molecule has 0 aliphatic heterocycles. The van der Waals surface area contributed by atoms with Crippen LogP contribution in [0, 0.1) is 6.92 Å². The van der Waals surface area contributed by atoms with Gasteiger partial charge in [0.05, 0.1) is 0 Å². The maximum Gasteiger partial charge on any atom is 2.00 e. The fourth-order valence-corrected chi connectivity index (χ4v) is 0.906. The van der Waals surface area contributed by atoms with Crippen molar-refractivity contribution in [1.29, 1.82) is 0 Å². The first-order valence-corrected chi connectivity index (χ1v) is 4.78. The molecule has 0 fully saturated rings. The van der Waals surface area contributed by atoms with Crippen molar-refractivity contribution in [3.05, 3.63) is 6.92 Å². The van der Waals surface area contributed by atoms with Gasteiger partial charge in [0.1, 0.15) is 0 Å². The molecule has 76 valence electrons. The Kier molecular flexibility index (Phi) is 28.2. The summed E-state index contributed by atoms with van der Waals surface area (Å²) in [5.74, 6) is 0. The van der Waals surface area contributed by atoms with Gasteiger partial charge in [0, 0.05) is 13.2 Å². The second-order valence-electron chi connectivity index (χ2n) is 2.88. The van der Waals surface area contributed by atoms with E-state index in [0.29, 0.717) is 0 Å². The molecule has 0 atom stereocenters. The molecule has 0 saturated heterocycles. The third kappa shape index (κ3) is 19.4. The molecule has 0 bridgehead atoms. The zero-order valence-corrected chi connectivity index (χ0v) is 11.0. The molecular formula is C10H21ClMgO. The normalized spacial score (nSPS) is 8.77. The van der Waals surface area contributed by atoms with Crippen LogP contribution in [0.4, 0.5) is 0 Å². The molecule has 0 rings (SSSR count). The minimum absolute atomic E-state index is 0. The summed E-state index contributed by atoms with van der Waals surface area (Å²) in [5, 5.41) is 0. The Bertz CT molecular complexity index is 63.9. The zero-order chi connectivity index (χ0) is 8.36. The first-order chi connectivity index (χ1) is 5.41. The Morgan fingerprint density at radius 1 is 1.00 bits per heavy atom. The molecular weight excluding hydrogens is 196 g/mol. The topological polar surface area (TPSA) is 9.23 Å². The van der Waals surface area contributed by atoms with Gasteiger partial charge in [0.25, 0.3) is 0 Å². The Hall–Kier alpha value is 1.02. The average molecular weight is 217 g/mol. The summed E-state index contributed by atoms with van der Waals surface area (Å²) < 4.78 is 5.40. The predicted molar refractivity (Wildman–Crippen MR) is 55.3 cm³/mol. The molecule has 0 aromatic rings. The van der Waals surface area contributed by atoms with Crippen molar-refractivity contribution in [1.82, 2.24) is 0 Å².